The molecule has 0 saturated carbocycles. The van der Waals surface area contributed by atoms with Crippen LogP contribution in [0.2, 0.25) is 5.02 Å². The summed E-state index contributed by atoms with van der Waals surface area (Å²) in [6.07, 6.45) is 2.63. The third-order valence-electron chi connectivity index (χ3n) is 2.98. The van der Waals surface area contributed by atoms with Crippen molar-refractivity contribution in [2.24, 2.45) is 5.92 Å². The minimum atomic E-state index is 0.212. The molecule has 0 spiro atoms. The Morgan fingerprint density at radius 3 is 2.50 bits per heavy atom. The zero-order valence-corrected chi connectivity index (χ0v) is 9.87. The first kappa shape index (κ1) is 11.6. The van der Waals surface area contributed by atoms with Crippen molar-refractivity contribution in [3.05, 3.63) is 34.9 Å². The summed E-state index contributed by atoms with van der Waals surface area (Å²) in [5.74, 6) is 0.695. The lowest BCUT2D eigenvalue weighted by atomic mass is 9.92. The van der Waals surface area contributed by atoms with Crippen LogP contribution in [0.3, 0.4) is 0 Å². The zero-order chi connectivity index (χ0) is 11.4. The normalized spacial score (nSPS) is 17.3. The van der Waals surface area contributed by atoms with Crippen molar-refractivity contribution in [2.75, 3.05) is 13.2 Å². The average molecular weight is 239 g/mol. The standard InChI is InChI=1S/C13H15ClO2/c14-12-3-1-11(2-4-12)13(15)9-10-5-7-16-8-6-10/h1-4,10H,5-9H2. The van der Waals surface area contributed by atoms with Crippen molar-refractivity contribution >= 4 is 17.4 Å². The SMILES string of the molecule is O=C(CC1CCOCC1)c1ccc(Cl)cc1. The van der Waals surface area contributed by atoms with Crippen molar-refractivity contribution in [3.8, 4) is 0 Å². The van der Waals surface area contributed by atoms with Crippen LogP contribution >= 0.6 is 11.6 Å². The molecule has 2 rings (SSSR count). The molecule has 0 amide bonds. The van der Waals surface area contributed by atoms with Crippen molar-refractivity contribution in [1.82, 2.24) is 0 Å². The van der Waals surface area contributed by atoms with Gasteiger partial charge in [0.15, 0.2) is 5.78 Å². The molecule has 3 heteroatoms. The molecule has 0 aromatic heterocycles. The largest absolute Gasteiger partial charge is 0.381 e. The molecular formula is C13H15ClO2. The summed E-state index contributed by atoms with van der Waals surface area (Å²) < 4.78 is 5.27. The van der Waals surface area contributed by atoms with E-state index < -0.39 is 0 Å². The van der Waals surface area contributed by atoms with Crippen LogP contribution < -0.4 is 0 Å². The Morgan fingerprint density at radius 1 is 1.25 bits per heavy atom. The monoisotopic (exact) mass is 238 g/mol. The molecule has 0 atom stereocenters. The summed E-state index contributed by atoms with van der Waals surface area (Å²) >= 11 is 5.78. The van der Waals surface area contributed by atoms with E-state index in [1.807, 2.05) is 0 Å². The van der Waals surface area contributed by atoms with E-state index in [0.29, 0.717) is 17.4 Å². The van der Waals surface area contributed by atoms with Gasteiger partial charge in [0.1, 0.15) is 0 Å². The fraction of sp³-hybridized carbons (Fsp3) is 0.462. The van der Waals surface area contributed by atoms with E-state index in [1.54, 1.807) is 24.3 Å². The number of hydrogen-bond acceptors (Lipinski definition) is 2. The van der Waals surface area contributed by atoms with Gasteiger partial charge in [0.25, 0.3) is 0 Å². The highest BCUT2D eigenvalue weighted by atomic mass is 35.5. The lowest BCUT2D eigenvalue weighted by molar-refractivity contribution is 0.0601. The van der Waals surface area contributed by atoms with Crippen LogP contribution in [0, 0.1) is 5.92 Å². The van der Waals surface area contributed by atoms with Crippen LogP contribution in [0.5, 0.6) is 0 Å². The van der Waals surface area contributed by atoms with E-state index in [-0.39, 0.29) is 5.78 Å². The van der Waals surface area contributed by atoms with E-state index in [4.69, 9.17) is 16.3 Å². The van der Waals surface area contributed by atoms with Crippen molar-refractivity contribution in [2.45, 2.75) is 19.3 Å². The Balaban J connectivity index is 1.94. The number of Topliss-reactive ketones (excluding diaryl/α,β-unsaturated/α-hetero) is 1. The minimum absolute atomic E-state index is 0.212. The quantitative estimate of drug-likeness (QED) is 0.755. The van der Waals surface area contributed by atoms with Crippen LogP contribution in [0.25, 0.3) is 0 Å². The number of carbonyl (C=O) groups excluding carboxylic acids is 1. The molecule has 0 unspecified atom stereocenters. The highest BCUT2D eigenvalue weighted by Gasteiger charge is 2.18. The molecule has 1 heterocycles. The Hall–Kier alpha value is -0.860. The highest BCUT2D eigenvalue weighted by Crippen LogP contribution is 2.21. The van der Waals surface area contributed by atoms with Crippen LogP contribution in [0.15, 0.2) is 24.3 Å². The van der Waals surface area contributed by atoms with Gasteiger partial charge >= 0.3 is 0 Å². The number of carbonyl (C=O) groups is 1. The summed E-state index contributed by atoms with van der Waals surface area (Å²) in [5, 5.41) is 0.669. The number of benzene rings is 1. The predicted octanol–water partition coefficient (Wildman–Crippen LogP) is 3.34. The second kappa shape index (κ2) is 5.46. The van der Waals surface area contributed by atoms with Gasteiger partial charge in [-0.05, 0) is 43.0 Å². The molecule has 1 aliphatic heterocycles. The summed E-state index contributed by atoms with van der Waals surface area (Å²) in [4.78, 5) is 11.9. The van der Waals surface area contributed by atoms with Crippen molar-refractivity contribution < 1.29 is 9.53 Å². The Bertz CT molecular complexity index is 353. The second-order valence-electron chi connectivity index (χ2n) is 4.19. The van der Waals surface area contributed by atoms with Gasteiger partial charge < -0.3 is 4.74 Å². The van der Waals surface area contributed by atoms with Gasteiger partial charge in [-0.2, -0.15) is 0 Å². The van der Waals surface area contributed by atoms with Crippen molar-refractivity contribution in [1.29, 1.82) is 0 Å². The zero-order valence-electron chi connectivity index (χ0n) is 9.12. The lowest BCUT2D eigenvalue weighted by Gasteiger charge is -2.21. The first-order valence-electron chi connectivity index (χ1n) is 5.62. The van der Waals surface area contributed by atoms with Crippen LogP contribution in [-0.4, -0.2) is 19.0 Å². The molecule has 1 aliphatic rings. The molecule has 1 aromatic rings. The van der Waals surface area contributed by atoms with E-state index in [1.165, 1.54) is 0 Å². The number of ether oxygens (including phenoxy) is 1. The predicted molar refractivity (Wildman–Crippen MR) is 63.9 cm³/mol. The fourth-order valence-electron chi connectivity index (χ4n) is 1.97. The average Bonchev–Trinajstić information content (AvgIpc) is 2.31. The van der Waals surface area contributed by atoms with Crippen LogP contribution in [0.4, 0.5) is 0 Å². The number of halogens is 1. The first-order valence-corrected chi connectivity index (χ1v) is 6.00. The molecule has 1 aromatic carbocycles. The maximum atomic E-state index is 11.9. The lowest BCUT2D eigenvalue weighted by Crippen LogP contribution is -2.18. The van der Waals surface area contributed by atoms with Gasteiger partial charge in [-0.3, -0.25) is 4.79 Å². The third-order valence-corrected chi connectivity index (χ3v) is 3.23. The van der Waals surface area contributed by atoms with Gasteiger partial charge in [0, 0.05) is 30.2 Å². The molecule has 2 nitrogen and oxygen atoms in total. The number of ketones is 1. The van der Waals surface area contributed by atoms with Gasteiger partial charge in [-0.15, -0.1) is 0 Å². The summed E-state index contributed by atoms with van der Waals surface area (Å²) in [7, 11) is 0. The minimum Gasteiger partial charge on any atom is -0.381 e. The van der Waals surface area contributed by atoms with Crippen molar-refractivity contribution in [3.63, 3.8) is 0 Å². The molecule has 0 aliphatic carbocycles. The van der Waals surface area contributed by atoms with Crippen LogP contribution in [-0.2, 0) is 4.74 Å². The molecular weight excluding hydrogens is 224 g/mol. The van der Waals surface area contributed by atoms with E-state index in [2.05, 4.69) is 0 Å². The van der Waals surface area contributed by atoms with Gasteiger partial charge in [-0.1, -0.05) is 11.6 Å². The maximum absolute atomic E-state index is 11.9. The second-order valence-corrected chi connectivity index (χ2v) is 4.63. The van der Waals surface area contributed by atoms with E-state index in [0.717, 1.165) is 31.6 Å². The Morgan fingerprint density at radius 2 is 1.88 bits per heavy atom. The molecule has 16 heavy (non-hydrogen) atoms. The third kappa shape index (κ3) is 3.06. The maximum Gasteiger partial charge on any atom is 0.163 e. The molecule has 1 saturated heterocycles. The summed E-state index contributed by atoms with van der Waals surface area (Å²) in [5.41, 5.74) is 0.760. The molecule has 0 bridgehead atoms. The number of hydrogen-bond donors (Lipinski definition) is 0. The Kier molecular flexibility index (Phi) is 3.97. The molecule has 0 N–H and O–H groups in total. The smallest absolute Gasteiger partial charge is 0.163 e. The molecule has 1 fully saturated rings. The summed E-state index contributed by atoms with van der Waals surface area (Å²) in [6.45, 7) is 1.58. The summed E-state index contributed by atoms with van der Waals surface area (Å²) in [6, 6.07) is 7.12. The fourth-order valence-corrected chi connectivity index (χ4v) is 2.09. The van der Waals surface area contributed by atoms with Gasteiger partial charge in [0.2, 0.25) is 0 Å². The van der Waals surface area contributed by atoms with E-state index in [9.17, 15) is 4.79 Å². The van der Waals surface area contributed by atoms with Gasteiger partial charge in [-0.25, -0.2) is 0 Å². The van der Waals surface area contributed by atoms with Crippen LogP contribution in [0.1, 0.15) is 29.6 Å². The molecule has 0 radical (unpaired) electrons. The highest BCUT2D eigenvalue weighted by molar-refractivity contribution is 6.30. The van der Waals surface area contributed by atoms with E-state index >= 15 is 0 Å². The topological polar surface area (TPSA) is 26.3 Å². The van der Waals surface area contributed by atoms with Gasteiger partial charge in [0.05, 0.1) is 0 Å². The number of rotatable bonds is 3. The Labute approximate surface area is 101 Å². The molecule has 86 valence electrons. The first-order chi connectivity index (χ1) is 7.75.